The minimum Gasteiger partial charge on any atom is -0.378 e. The molecule has 0 heterocycles. The zero-order valence-electron chi connectivity index (χ0n) is 14.2. The van der Waals surface area contributed by atoms with Gasteiger partial charge in [-0.15, -0.1) is 0 Å². The lowest BCUT2D eigenvalue weighted by Crippen LogP contribution is -2.23. The number of guanidine groups is 1. The van der Waals surface area contributed by atoms with Gasteiger partial charge in [-0.3, -0.25) is 4.99 Å². The maximum atomic E-state index is 5.94. The van der Waals surface area contributed by atoms with E-state index in [1.807, 2.05) is 26.2 Å². The van der Waals surface area contributed by atoms with Crippen LogP contribution in [0.3, 0.4) is 0 Å². The van der Waals surface area contributed by atoms with Gasteiger partial charge in [-0.1, -0.05) is 31.2 Å². The van der Waals surface area contributed by atoms with Crippen molar-refractivity contribution in [2.45, 2.75) is 19.8 Å². The first kappa shape index (κ1) is 16.9. The molecule has 2 aromatic rings. The van der Waals surface area contributed by atoms with E-state index in [9.17, 15) is 0 Å². The smallest absolute Gasteiger partial charge is 0.193 e. The lowest BCUT2D eigenvalue weighted by atomic mass is 10.1. The van der Waals surface area contributed by atoms with Crippen molar-refractivity contribution in [2.24, 2.45) is 10.7 Å². The van der Waals surface area contributed by atoms with E-state index in [0.29, 0.717) is 12.5 Å². The van der Waals surface area contributed by atoms with E-state index in [0.717, 1.165) is 18.5 Å². The Hall–Kier alpha value is -2.49. The van der Waals surface area contributed by atoms with Crippen molar-refractivity contribution >= 4 is 17.3 Å². The third-order valence-corrected chi connectivity index (χ3v) is 3.77. The number of nitrogens with two attached hydrogens (primary N) is 1. The minimum absolute atomic E-state index is 0.458. The minimum atomic E-state index is 0.458. The first-order valence-electron chi connectivity index (χ1n) is 8.00. The molecule has 2 rings (SSSR count). The van der Waals surface area contributed by atoms with Gasteiger partial charge in [0.15, 0.2) is 5.96 Å². The van der Waals surface area contributed by atoms with Gasteiger partial charge < -0.3 is 16.0 Å². The number of nitrogens with zero attached hydrogens (tertiary/aromatic N) is 2. The van der Waals surface area contributed by atoms with Crippen LogP contribution in [-0.2, 0) is 12.8 Å². The number of anilines is 2. The summed E-state index contributed by atoms with van der Waals surface area (Å²) in [6, 6.07) is 16.8. The standard InChI is InChI=1S/C19H26N4/c1-4-15-5-9-17(10-6-15)22-19(20)21-14-13-16-7-11-18(12-8-16)23(2)3/h5-12H,4,13-14H2,1-3H3,(H3,20,21,22). The van der Waals surface area contributed by atoms with Gasteiger partial charge in [0.2, 0.25) is 0 Å². The van der Waals surface area contributed by atoms with Gasteiger partial charge in [0.1, 0.15) is 0 Å². The number of rotatable bonds is 6. The van der Waals surface area contributed by atoms with Crippen molar-refractivity contribution in [3.05, 3.63) is 59.7 Å². The zero-order chi connectivity index (χ0) is 16.7. The van der Waals surface area contributed by atoms with Crippen LogP contribution in [0, 0.1) is 0 Å². The maximum absolute atomic E-state index is 5.94. The Morgan fingerprint density at radius 1 is 1.00 bits per heavy atom. The molecule has 0 unspecified atom stereocenters. The van der Waals surface area contributed by atoms with Gasteiger partial charge in [0, 0.05) is 32.0 Å². The fraction of sp³-hybridized carbons (Fsp3) is 0.316. The van der Waals surface area contributed by atoms with Crippen molar-refractivity contribution in [3.63, 3.8) is 0 Å². The highest BCUT2D eigenvalue weighted by Crippen LogP contribution is 2.13. The van der Waals surface area contributed by atoms with E-state index >= 15 is 0 Å². The topological polar surface area (TPSA) is 53.6 Å². The van der Waals surface area contributed by atoms with Crippen molar-refractivity contribution in [1.29, 1.82) is 0 Å². The number of aryl methyl sites for hydroxylation is 1. The molecule has 23 heavy (non-hydrogen) atoms. The van der Waals surface area contributed by atoms with Crippen molar-refractivity contribution in [3.8, 4) is 0 Å². The van der Waals surface area contributed by atoms with Gasteiger partial charge in [0.05, 0.1) is 0 Å². The quantitative estimate of drug-likeness (QED) is 0.636. The molecule has 4 heteroatoms. The summed E-state index contributed by atoms with van der Waals surface area (Å²) >= 11 is 0. The average Bonchev–Trinajstić information content (AvgIpc) is 2.56. The third-order valence-electron chi connectivity index (χ3n) is 3.77. The molecule has 0 saturated carbocycles. The van der Waals surface area contributed by atoms with E-state index in [1.54, 1.807) is 0 Å². The second-order valence-corrected chi connectivity index (χ2v) is 5.75. The van der Waals surface area contributed by atoms with E-state index in [-0.39, 0.29) is 0 Å². The van der Waals surface area contributed by atoms with Gasteiger partial charge >= 0.3 is 0 Å². The van der Waals surface area contributed by atoms with Crippen LogP contribution in [0.1, 0.15) is 18.1 Å². The summed E-state index contributed by atoms with van der Waals surface area (Å²) in [6.45, 7) is 2.82. The third kappa shape index (κ3) is 5.33. The molecular formula is C19H26N4. The van der Waals surface area contributed by atoms with Crippen LogP contribution in [0.5, 0.6) is 0 Å². The summed E-state index contributed by atoms with van der Waals surface area (Å²) in [4.78, 5) is 6.48. The lowest BCUT2D eigenvalue weighted by molar-refractivity contribution is 0.963. The first-order chi connectivity index (χ1) is 11.1. The Morgan fingerprint density at radius 3 is 2.17 bits per heavy atom. The Labute approximate surface area is 139 Å². The molecule has 0 radical (unpaired) electrons. The number of nitrogens with one attached hydrogen (secondary N) is 1. The summed E-state index contributed by atoms with van der Waals surface area (Å²) in [5.41, 5.74) is 10.7. The van der Waals surface area contributed by atoms with Crippen LogP contribution < -0.4 is 16.0 Å². The molecule has 122 valence electrons. The highest BCUT2D eigenvalue weighted by atomic mass is 15.1. The van der Waals surface area contributed by atoms with Crippen LogP contribution in [0.15, 0.2) is 53.5 Å². The predicted molar refractivity (Wildman–Crippen MR) is 100 cm³/mol. The molecule has 0 saturated heterocycles. The second kappa shape index (κ2) is 8.22. The maximum Gasteiger partial charge on any atom is 0.193 e. The number of benzene rings is 2. The molecule has 0 spiro atoms. The Morgan fingerprint density at radius 2 is 1.61 bits per heavy atom. The molecule has 0 atom stereocenters. The number of hydrogen-bond acceptors (Lipinski definition) is 2. The van der Waals surface area contributed by atoms with Gasteiger partial charge in [0.25, 0.3) is 0 Å². The van der Waals surface area contributed by atoms with Crippen LogP contribution in [0.2, 0.25) is 0 Å². The fourth-order valence-electron chi connectivity index (χ4n) is 2.28. The first-order valence-corrected chi connectivity index (χ1v) is 8.00. The normalized spacial score (nSPS) is 11.3. The van der Waals surface area contributed by atoms with Crippen LogP contribution in [0.25, 0.3) is 0 Å². The van der Waals surface area contributed by atoms with Crippen molar-refractivity contribution in [1.82, 2.24) is 0 Å². The Kier molecular flexibility index (Phi) is 6.03. The highest BCUT2D eigenvalue weighted by molar-refractivity contribution is 5.92. The monoisotopic (exact) mass is 310 g/mol. The highest BCUT2D eigenvalue weighted by Gasteiger charge is 1.98. The fourth-order valence-corrected chi connectivity index (χ4v) is 2.28. The Balaban J connectivity index is 1.84. The predicted octanol–water partition coefficient (Wildman–Crippen LogP) is 3.28. The molecule has 0 aliphatic rings. The van der Waals surface area contributed by atoms with E-state index in [2.05, 4.69) is 58.5 Å². The molecule has 0 amide bonds. The van der Waals surface area contributed by atoms with Gasteiger partial charge in [-0.2, -0.15) is 0 Å². The number of hydrogen-bond donors (Lipinski definition) is 2. The summed E-state index contributed by atoms with van der Waals surface area (Å²) in [5, 5.41) is 3.12. The molecular weight excluding hydrogens is 284 g/mol. The van der Waals surface area contributed by atoms with E-state index < -0.39 is 0 Å². The SMILES string of the molecule is CCc1ccc(NC(N)=NCCc2ccc(N(C)C)cc2)cc1. The molecule has 2 aromatic carbocycles. The second-order valence-electron chi connectivity index (χ2n) is 5.75. The molecule has 0 bridgehead atoms. The molecule has 3 N–H and O–H groups in total. The van der Waals surface area contributed by atoms with Crippen LogP contribution in [0.4, 0.5) is 11.4 Å². The molecule has 4 nitrogen and oxygen atoms in total. The van der Waals surface area contributed by atoms with Crippen molar-refractivity contribution < 1.29 is 0 Å². The molecule has 0 fully saturated rings. The number of aliphatic imine (C=N–C) groups is 1. The molecule has 0 aliphatic heterocycles. The van der Waals surface area contributed by atoms with E-state index in [1.165, 1.54) is 16.8 Å². The van der Waals surface area contributed by atoms with Crippen molar-refractivity contribution in [2.75, 3.05) is 30.9 Å². The van der Waals surface area contributed by atoms with Crippen LogP contribution in [-0.4, -0.2) is 26.6 Å². The summed E-state index contributed by atoms with van der Waals surface area (Å²) in [7, 11) is 4.08. The lowest BCUT2D eigenvalue weighted by Gasteiger charge is -2.12. The van der Waals surface area contributed by atoms with Gasteiger partial charge in [-0.05, 0) is 48.2 Å². The zero-order valence-corrected chi connectivity index (χ0v) is 14.2. The Bertz CT molecular complexity index is 627. The molecule has 0 aromatic heterocycles. The van der Waals surface area contributed by atoms with E-state index in [4.69, 9.17) is 5.73 Å². The summed E-state index contributed by atoms with van der Waals surface area (Å²) in [5.74, 6) is 0.458. The molecule has 0 aliphatic carbocycles. The van der Waals surface area contributed by atoms with Crippen LogP contribution >= 0.6 is 0 Å². The average molecular weight is 310 g/mol. The summed E-state index contributed by atoms with van der Waals surface area (Å²) in [6.07, 6.45) is 1.92. The van der Waals surface area contributed by atoms with Gasteiger partial charge in [-0.25, -0.2) is 0 Å². The summed E-state index contributed by atoms with van der Waals surface area (Å²) < 4.78 is 0. The largest absolute Gasteiger partial charge is 0.378 e.